The number of likely N-dealkylation sites (N-methyl/N-ethyl adjacent to an activating group) is 1. The van der Waals surface area contributed by atoms with Crippen molar-refractivity contribution in [3.05, 3.63) is 23.3 Å². The summed E-state index contributed by atoms with van der Waals surface area (Å²) in [6.45, 7) is 4.28. The minimum absolute atomic E-state index is 0.344. The van der Waals surface area contributed by atoms with Gasteiger partial charge < -0.3 is 14.4 Å². The van der Waals surface area contributed by atoms with Crippen LogP contribution in [0.4, 0.5) is 0 Å². The number of rotatable bonds is 6. The number of carbonyl (C=O) groups is 2. The molecule has 0 heterocycles. The average molecular weight is 255 g/mol. The van der Waals surface area contributed by atoms with Crippen LogP contribution >= 0.6 is 0 Å². The van der Waals surface area contributed by atoms with Gasteiger partial charge in [0.2, 0.25) is 0 Å². The summed E-state index contributed by atoms with van der Waals surface area (Å²) < 4.78 is 9.58. The quantitative estimate of drug-likeness (QED) is 0.405. The van der Waals surface area contributed by atoms with Crippen LogP contribution in [0.1, 0.15) is 13.8 Å². The maximum absolute atomic E-state index is 11.5. The van der Waals surface area contributed by atoms with Crippen molar-refractivity contribution in [1.82, 2.24) is 4.90 Å². The van der Waals surface area contributed by atoms with Gasteiger partial charge in [-0.05, 0) is 27.9 Å². The number of hydrogen-bond acceptors (Lipinski definition) is 5. The van der Waals surface area contributed by atoms with Crippen LogP contribution in [0.2, 0.25) is 0 Å². The van der Waals surface area contributed by atoms with Gasteiger partial charge in [0.05, 0.1) is 7.11 Å². The Morgan fingerprint density at radius 3 is 2.00 bits per heavy atom. The summed E-state index contributed by atoms with van der Waals surface area (Å²) in [5.74, 6) is -0.800. The highest BCUT2D eigenvalue weighted by Crippen LogP contribution is 2.01. The van der Waals surface area contributed by atoms with Crippen molar-refractivity contribution >= 4 is 11.9 Å². The molecule has 102 valence electrons. The van der Waals surface area contributed by atoms with Crippen LogP contribution in [-0.4, -0.2) is 51.2 Å². The summed E-state index contributed by atoms with van der Waals surface area (Å²) >= 11 is 0. The zero-order valence-electron chi connectivity index (χ0n) is 11.6. The predicted octanol–water partition coefficient (Wildman–Crippen LogP) is 1.16. The van der Waals surface area contributed by atoms with Gasteiger partial charge in [0.15, 0.2) is 0 Å². The van der Waals surface area contributed by atoms with Crippen molar-refractivity contribution in [2.24, 2.45) is 0 Å². The second-order valence-corrected chi connectivity index (χ2v) is 4.13. The first-order valence-corrected chi connectivity index (χ1v) is 5.63. The molecule has 18 heavy (non-hydrogen) atoms. The zero-order valence-corrected chi connectivity index (χ0v) is 11.6. The van der Waals surface area contributed by atoms with Gasteiger partial charge in [-0.2, -0.15) is 0 Å². The first-order valence-electron chi connectivity index (χ1n) is 5.63. The number of carbonyl (C=O) groups excluding carboxylic acids is 2. The molecule has 0 bridgehead atoms. The van der Waals surface area contributed by atoms with Gasteiger partial charge in [0, 0.05) is 17.7 Å². The molecule has 5 nitrogen and oxygen atoms in total. The van der Waals surface area contributed by atoms with Crippen LogP contribution in [-0.2, 0) is 19.1 Å². The summed E-state index contributed by atoms with van der Waals surface area (Å²) in [6.07, 6.45) is 3.08. The summed E-state index contributed by atoms with van der Waals surface area (Å²) in [6, 6.07) is 0. The fraction of sp³-hybridized carbons (Fsp3) is 0.538. The molecule has 0 spiro atoms. The maximum atomic E-state index is 11.5. The monoisotopic (exact) mass is 255 g/mol. The molecule has 0 N–H and O–H groups in total. The Hall–Kier alpha value is -1.62. The molecule has 0 unspecified atom stereocenters. The number of allylic oxidation sites excluding steroid dienone is 2. The van der Waals surface area contributed by atoms with Crippen LogP contribution in [0.5, 0.6) is 0 Å². The van der Waals surface area contributed by atoms with E-state index in [-0.39, 0.29) is 5.97 Å². The lowest BCUT2D eigenvalue weighted by Gasteiger charge is -2.09. The lowest BCUT2D eigenvalue weighted by Crippen LogP contribution is -2.20. The normalized spacial score (nSPS) is 12.6. The Balaban J connectivity index is 4.32. The molecule has 0 aromatic heterocycles. The second kappa shape index (κ2) is 8.47. The van der Waals surface area contributed by atoms with Crippen molar-refractivity contribution in [2.45, 2.75) is 13.8 Å². The van der Waals surface area contributed by atoms with Crippen LogP contribution in [0, 0.1) is 0 Å². The summed E-state index contributed by atoms with van der Waals surface area (Å²) in [5.41, 5.74) is 0.870. The Labute approximate surface area is 108 Å². The Bertz CT molecular complexity index is 356. The highest BCUT2D eigenvalue weighted by atomic mass is 16.5. The van der Waals surface area contributed by atoms with E-state index >= 15 is 0 Å². The van der Waals surface area contributed by atoms with Gasteiger partial charge in [-0.3, -0.25) is 0 Å². The topological polar surface area (TPSA) is 55.8 Å². The molecule has 0 aliphatic carbocycles. The first-order chi connectivity index (χ1) is 8.38. The lowest BCUT2D eigenvalue weighted by molar-refractivity contribution is -0.139. The van der Waals surface area contributed by atoms with Crippen molar-refractivity contribution in [1.29, 1.82) is 0 Å². The van der Waals surface area contributed by atoms with Gasteiger partial charge in [0.1, 0.15) is 6.61 Å². The molecule has 0 atom stereocenters. The molecule has 0 amide bonds. The lowest BCUT2D eigenvalue weighted by atomic mass is 10.2. The smallest absolute Gasteiger partial charge is 0.333 e. The summed E-state index contributed by atoms with van der Waals surface area (Å²) in [4.78, 5) is 24.5. The van der Waals surface area contributed by atoms with Crippen LogP contribution in [0.15, 0.2) is 23.3 Å². The Morgan fingerprint density at radius 1 is 1.06 bits per heavy atom. The summed E-state index contributed by atoms with van der Waals surface area (Å²) in [5, 5.41) is 0. The van der Waals surface area contributed by atoms with E-state index in [9.17, 15) is 9.59 Å². The van der Waals surface area contributed by atoms with Gasteiger partial charge in [-0.25, -0.2) is 9.59 Å². The van der Waals surface area contributed by atoms with Gasteiger partial charge in [-0.1, -0.05) is 12.2 Å². The Morgan fingerprint density at radius 2 is 1.56 bits per heavy atom. The van der Waals surface area contributed by atoms with Gasteiger partial charge in [-0.15, -0.1) is 0 Å². The molecule has 0 aliphatic rings. The van der Waals surface area contributed by atoms with E-state index in [0.717, 1.165) is 0 Å². The highest BCUT2D eigenvalue weighted by molar-refractivity contribution is 5.90. The average Bonchev–Trinajstić information content (AvgIpc) is 2.33. The van der Waals surface area contributed by atoms with Crippen LogP contribution in [0.25, 0.3) is 0 Å². The van der Waals surface area contributed by atoms with Gasteiger partial charge in [0.25, 0.3) is 0 Å². The number of hydrogen-bond donors (Lipinski definition) is 0. The molecule has 0 aromatic rings. The summed E-state index contributed by atoms with van der Waals surface area (Å²) in [7, 11) is 5.11. The molecule has 0 radical (unpaired) electrons. The molecule has 0 aromatic carbocycles. The third-order valence-electron chi connectivity index (χ3n) is 2.18. The second-order valence-electron chi connectivity index (χ2n) is 4.13. The van der Waals surface area contributed by atoms with E-state index < -0.39 is 5.97 Å². The standard InChI is InChI=1S/C13H21NO4/c1-10(12(15)17-5)6-7-11(2)13(16)18-9-8-14(3)4/h6-7H,8-9H2,1-5H3. The van der Waals surface area contributed by atoms with Crippen LogP contribution in [0.3, 0.4) is 0 Å². The fourth-order valence-electron chi connectivity index (χ4n) is 0.982. The predicted molar refractivity (Wildman–Crippen MR) is 69.0 cm³/mol. The minimum atomic E-state index is -0.417. The number of methoxy groups -OCH3 is 1. The molecule has 0 rings (SSSR count). The zero-order chi connectivity index (χ0) is 14.1. The van der Waals surface area contributed by atoms with E-state index in [1.165, 1.54) is 13.2 Å². The van der Waals surface area contributed by atoms with Gasteiger partial charge >= 0.3 is 11.9 Å². The number of ether oxygens (including phenoxy) is 2. The molecule has 5 heteroatoms. The third-order valence-corrected chi connectivity index (χ3v) is 2.18. The number of nitrogens with zero attached hydrogens (tertiary/aromatic N) is 1. The van der Waals surface area contributed by atoms with E-state index in [1.807, 2.05) is 19.0 Å². The van der Waals surface area contributed by atoms with E-state index in [0.29, 0.717) is 24.3 Å². The fourth-order valence-corrected chi connectivity index (χ4v) is 0.982. The maximum Gasteiger partial charge on any atom is 0.333 e. The van der Waals surface area contributed by atoms with Crippen molar-refractivity contribution in [2.75, 3.05) is 34.4 Å². The Kier molecular flexibility index (Phi) is 7.71. The van der Waals surface area contributed by atoms with E-state index in [2.05, 4.69) is 4.74 Å². The van der Waals surface area contributed by atoms with Crippen molar-refractivity contribution < 1.29 is 19.1 Å². The molecule has 0 fully saturated rings. The molecule has 0 saturated carbocycles. The molecular weight excluding hydrogens is 234 g/mol. The van der Waals surface area contributed by atoms with E-state index in [1.54, 1.807) is 19.9 Å². The highest BCUT2D eigenvalue weighted by Gasteiger charge is 2.06. The van der Waals surface area contributed by atoms with Crippen molar-refractivity contribution in [3.63, 3.8) is 0 Å². The van der Waals surface area contributed by atoms with E-state index in [4.69, 9.17) is 4.74 Å². The minimum Gasteiger partial charge on any atom is -0.466 e. The SMILES string of the molecule is COC(=O)C(C)=CC=C(C)C(=O)OCCN(C)C. The van der Waals surface area contributed by atoms with Crippen LogP contribution < -0.4 is 0 Å². The molecule has 0 saturated heterocycles. The third kappa shape index (κ3) is 6.85. The largest absolute Gasteiger partial charge is 0.466 e. The molecular formula is C13H21NO4. The number of esters is 2. The first kappa shape index (κ1) is 16.4. The molecule has 0 aliphatic heterocycles. The van der Waals surface area contributed by atoms with Crippen molar-refractivity contribution in [3.8, 4) is 0 Å².